The molecule has 2 aromatic carbocycles. The lowest BCUT2D eigenvalue weighted by molar-refractivity contribution is 0.194. The van der Waals surface area contributed by atoms with E-state index >= 15 is 0 Å². The summed E-state index contributed by atoms with van der Waals surface area (Å²) < 4.78 is 40.2. The molecule has 5 heteroatoms. The third-order valence-corrected chi connectivity index (χ3v) is 3.67. The molecule has 0 aliphatic rings. The molecule has 2 rings (SSSR count). The third kappa shape index (κ3) is 3.25. The van der Waals surface area contributed by atoms with Crippen molar-refractivity contribution in [2.24, 2.45) is 5.73 Å². The normalized spacial score (nSPS) is 14.0. The first-order chi connectivity index (χ1) is 10.0. The molecule has 0 spiro atoms. The maximum Gasteiger partial charge on any atom is 0.129 e. The fraction of sp³-hybridized carbons (Fsp3) is 0.250. The van der Waals surface area contributed by atoms with Crippen LogP contribution in [-0.4, -0.2) is 18.3 Å². The molecular weight excluding hydrogens is 279 g/mol. The Hall–Kier alpha value is -1.85. The van der Waals surface area contributed by atoms with Crippen molar-refractivity contribution < 1.29 is 18.3 Å². The van der Waals surface area contributed by atoms with Gasteiger partial charge in [0.25, 0.3) is 0 Å². The van der Waals surface area contributed by atoms with Gasteiger partial charge < -0.3 is 10.8 Å². The summed E-state index contributed by atoms with van der Waals surface area (Å²) in [5.41, 5.74) is 5.44. The summed E-state index contributed by atoms with van der Waals surface area (Å²) in [6.45, 7) is -0.368. The predicted molar refractivity (Wildman–Crippen MR) is 74.3 cm³/mol. The number of nitrogens with two attached hydrogens (primary N) is 1. The van der Waals surface area contributed by atoms with E-state index in [-0.39, 0.29) is 25.1 Å². The zero-order valence-electron chi connectivity index (χ0n) is 11.3. The molecule has 0 heterocycles. The van der Waals surface area contributed by atoms with Gasteiger partial charge in [0, 0.05) is 18.0 Å². The van der Waals surface area contributed by atoms with E-state index in [0.717, 1.165) is 12.1 Å². The Labute approximate surface area is 121 Å². The monoisotopic (exact) mass is 295 g/mol. The molecule has 1 unspecified atom stereocenters. The maximum absolute atomic E-state index is 13.8. The van der Waals surface area contributed by atoms with Gasteiger partial charge in [-0.15, -0.1) is 0 Å². The average Bonchev–Trinajstić information content (AvgIpc) is 2.47. The predicted octanol–water partition coefficient (Wildman–Crippen LogP) is 2.54. The number of aliphatic hydroxyl groups is 1. The third-order valence-electron chi connectivity index (χ3n) is 3.67. The van der Waals surface area contributed by atoms with Gasteiger partial charge in [-0.1, -0.05) is 18.2 Å². The van der Waals surface area contributed by atoms with E-state index < -0.39 is 22.9 Å². The van der Waals surface area contributed by atoms with Gasteiger partial charge in [-0.2, -0.15) is 0 Å². The number of hydrogen-bond acceptors (Lipinski definition) is 2. The second-order valence-electron chi connectivity index (χ2n) is 5.07. The van der Waals surface area contributed by atoms with Crippen molar-refractivity contribution in [1.82, 2.24) is 0 Å². The minimum atomic E-state index is -1.01. The molecule has 0 aromatic heterocycles. The lowest BCUT2D eigenvalue weighted by Crippen LogP contribution is -2.41. The van der Waals surface area contributed by atoms with Crippen LogP contribution < -0.4 is 5.73 Å². The first-order valence-electron chi connectivity index (χ1n) is 6.52. The molecule has 0 radical (unpaired) electrons. The van der Waals surface area contributed by atoms with Crippen LogP contribution in [0.5, 0.6) is 0 Å². The zero-order chi connectivity index (χ0) is 15.5. The second-order valence-corrected chi connectivity index (χ2v) is 5.07. The highest BCUT2D eigenvalue weighted by atomic mass is 19.1. The first kappa shape index (κ1) is 15.5. The van der Waals surface area contributed by atoms with Crippen LogP contribution in [0.2, 0.25) is 0 Å². The summed E-state index contributed by atoms with van der Waals surface area (Å²) in [4.78, 5) is 0. The minimum absolute atomic E-state index is 0.00374. The maximum atomic E-state index is 13.8. The van der Waals surface area contributed by atoms with Crippen LogP contribution >= 0.6 is 0 Å². The molecule has 3 N–H and O–H groups in total. The molecule has 0 saturated heterocycles. The van der Waals surface area contributed by atoms with Crippen LogP contribution in [0.4, 0.5) is 13.2 Å². The molecule has 2 nitrogen and oxygen atoms in total. The molecule has 0 aliphatic heterocycles. The highest BCUT2D eigenvalue weighted by molar-refractivity contribution is 5.31. The topological polar surface area (TPSA) is 46.2 Å². The Morgan fingerprint density at radius 1 is 1.00 bits per heavy atom. The van der Waals surface area contributed by atoms with Gasteiger partial charge in [-0.25, -0.2) is 13.2 Å². The molecular formula is C16H16F3NO. The van der Waals surface area contributed by atoms with E-state index in [1.807, 2.05) is 0 Å². The first-order valence-corrected chi connectivity index (χ1v) is 6.52. The van der Waals surface area contributed by atoms with Crippen molar-refractivity contribution in [2.45, 2.75) is 11.8 Å². The summed E-state index contributed by atoms with van der Waals surface area (Å²) in [6.07, 6.45) is 0.0512. The van der Waals surface area contributed by atoms with E-state index in [2.05, 4.69) is 0 Å². The van der Waals surface area contributed by atoms with Gasteiger partial charge in [-0.05, 0) is 35.7 Å². The quantitative estimate of drug-likeness (QED) is 0.890. The Bertz CT molecular complexity index is 627. The van der Waals surface area contributed by atoms with Gasteiger partial charge in [0.1, 0.15) is 17.5 Å². The van der Waals surface area contributed by atoms with Crippen molar-refractivity contribution >= 4 is 0 Å². The molecule has 21 heavy (non-hydrogen) atoms. The summed E-state index contributed by atoms with van der Waals surface area (Å²) in [7, 11) is 0. The van der Waals surface area contributed by atoms with Crippen LogP contribution in [0.1, 0.15) is 11.1 Å². The van der Waals surface area contributed by atoms with E-state index in [1.165, 1.54) is 24.3 Å². The van der Waals surface area contributed by atoms with Gasteiger partial charge >= 0.3 is 0 Å². The number of benzene rings is 2. The van der Waals surface area contributed by atoms with Crippen LogP contribution in [-0.2, 0) is 11.8 Å². The minimum Gasteiger partial charge on any atom is -0.395 e. The fourth-order valence-corrected chi connectivity index (χ4v) is 2.35. The van der Waals surface area contributed by atoms with E-state index in [4.69, 9.17) is 5.73 Å². The van der Waals surface area contributed by atoms with Gasteiger partial charge in [0.2, 0.25) is 0 Å². The zero-order valence-corrected chi connectivity index (χ0v) is 11.3. The van der Waals surface area contributed by atoms with Crippen LogP contribution in [0.3, 0.4) is 0 Å². The van der Waals surface area contributed by atoms with Crippen LogP contribution in [0.25, 0.3) is 0 Å². The number of aliphatic hydroxyl groups excluding tert-OH is 1. The summed E-state index contributed by atoms with van der Waals surface area (Å²) in [5.74, 6) is -1.85. The van der Waals surface area contributed by atoms with Crippen molar-refractivity contribution in [3.8, 4) is 0 Å². The Kier molecular flexibility index (Phi) is 4.65. The van der Waals surface area contributed by atoms with Crippen LogP contribution in [0, 0.1) is 17.5 Å². The highest BCUT2D eigenvalue weighted by Crippen LogP contribution is 2.29. The molecule has 0 aliphatic carbocycles. The second kappa shape index (κ2) is 6.28. The molecule has 0 fully saturated rings. The van der Waals surface area contributed by atoms with Crippen molar-refractivity contribution in [3.05, 3.63) is 71.0 Å². The lowest BCUT2D eigenvalue weighted by Gasteiger charge is -2.31. The van der Waals surface area contributed by atoms with E-state index in [9.17, 15) is 18.3 Å². The van der Waals surface area contributed by atoms with Gasteiger partial charge in [0.15, 0.2) is 0 Å². The van der Waals surface area contributed by atoms with E-state index in [0.29, 0.717) is 5.56 Å². The summed E-state index contributed by atoms with van der Waals surface area (Å²) >= 11 is 0. The number of hydrogen-bond donors (Lipinski definition) is 2. The molecule has 0 amide bonds. The molecule has 112 valence electrons. The smallest absolute Gasteiger partial charge is 0.129 e. The lowest BCUT2D eigenvalue weighted by atomic mass is 9.76. The summed E-state index contributed by atoms with van der Waals surface area (Å²) in [5, 5.41) is 9.73. The Morgan fingerprint density at radius 3 is 2.29 bits per heavy atom. The number of halogens is 3. The number of rotatable bonds is 5. The van der Waals surface area contributed by atoms with Crippen molar-refractivity contribution in [3.63, 3.8) is 0 Å². The average molecular weight is 295 g/mol. The SMILES string of the molecule is NCC(CO)(Cc1ccc(F)cc1F)c1cccc(F)c1. The van der Waals surface area contributed by atoms with Crippen LogP contribution in [0.15, 0.2) is 42.5 Å². The highest BCUT2D eigenvalue weighted by Gasteiger charge is 2.32. The Balaban J connectivity index is 2.43. The summed E-state index contributed by atoms with van der Waals surface area (Å²) in [6, 6.07) is 8.91. The van der Waals surface area contributed by atoms with Gasteiger partial charge in [0.05, 0.1) is 6.61 Å². The molecule has 1 atom stereocenters. The van der Waals surface area contributed by atoms with E-state index in [1.54, 1.807) is 6.07 Å². The van der Waals surface area contributed by atoms with Gasteiger partial charge in [-0.3, -0.25) is 0 Å². The molecule has 0 saturated carbocycles. The molecule has 2 aromatic rings. The Morgan fingerprint density at radius 2 is 1.71 bits per heavy atom. The van der Waals surface area contributed by atoms with Crippen molar-refractivity contribution in [1.29, 1.82) is 0 Å². The molecule has 0 bridgehead atoms. The fourth-order valence-electron chi connectivity index (χ4n) is 2.35. The van der Waals surface area contributed by atoms with Crippen molar-refractivity contribution in [2.75, 3.05) is 13.2 Å². The standard InChI is InChI=1S/C16H16F3NO/c17-13-3-1-2-12(6-13)16(9-20,10-21)8-11-4-5-14(18)7-15(11)19/h1-7,21H,8-10,20H2. The largest absolute Gasteiger partial charge is 0.395 e.